The first-order valence-electron chi connectivity index (χ1n) is 8.44. The van der Waals surface area contributed by atoms with Crippen molar-refractivity contribution in [3.63, 3.8) is 0 Å². The molecule has 0 unspecified atom stereocenters. The van der Waals surface area contributed by atoms with Crippen LogP contribution in [-0.2, 0) is 33.6 Å². The molecule has 0 fully saturated rings. The Balaban J connectivity index is 5.53. The Bertz CT molecular complexity index is 744. The standard InChI is InChI=1S/C15H22N4O11S/c16-5(4-31)12(26)17-6(1-9(20)21)13(27)18-7(2-10(22)23)14(28)19-8(15(29)30)3-11(24)25/h5-8,31H,1-4,16H2,(H,17,26)(H,18,27)(H,19,28)(H,20,21)(H,22,23)(H,24,25)(H,29,30)/t5-,6-,7-,8-/m0/s1. The topological polar surface area (TPSA) is 263 Å². The van der Waals surface area contributed by atoms with Gasteiger partial charge in [-0.25, -0.2) is 4.79 Å². The van der Waals surface area contributed by atoms with Crippen molar-refractivity contribution in [1.82, 2.24) is 16.0 Å². The van der Waals surface area contributed by atoms with Crippen molar-refractivity contribution in [3.8, 4) is 0 Å². The van der Waals surface area contributed by atoms with Crippen LogP contribution in [0, 0.1) is 0 Å². The van der Waals surface area contributed by atoms with E-state index in [1.165, 1.54) is 0 Å². The number of amides is 3. The summed E-state index contributed by atoms with van der Waals surface area (Å²) in [5.74, 6) is -10.1. The first-order valence-corrected chi connectivity index (χ1v) is 9.07. The van der Waals surface area contributed by atoms with Crippen LogP contribution in [0.3, 0.4) is 0 Å². The van der Waals surface area contributed by atoms with Crippen molar-refractivity contribution < 1.29 is 54.0 Å². The van der Waals surface area contributed by atoms with E-state index in [0.29, 0.717) is 0 Å². The van der Waals surface area contributed by atoms with E-state index in [-0.39, 0.29) is 5.75 Å². The molecule has 0 aromatic rings. The van der Waals surface area contributed by atoms with Gasteiger partial charge in [-0.3, -0.25) is 28.8 Å². The molecule has 31 heavy (non-hydrogen) atoms. The van der Waals surface area contributed by atoms with Gasteiger partial charge >= 0.3 is 23.9 Å². The lowest BCUT2D eigenvalue weighted by Gasteiger charge is -2.23. The van der Waals surface area contributed by atoms with Crippen LogP contribution in [0.4, 0.5) is 0 Å². The third-order valence-corrected chi connectivity index (χ3v) is 3.94. The quantitative estimate of drug-likeness (QED) is 0.112. The van der Waals surface area contributed by atoms with E-state index in [2.05, 4.69) is 12.6 Å². The van der Waals surface area contributed by atoms with Gasteiger partial charge in [0.2, 0.25) is 17.7 Å². The molecule has 9 N–H and O–H groups in total. The predicted molar refractivity (Wildman–Crippen MR) is 102 cm³/mol. The van der Waals surface area contributed by atoms with Crippen LogP contribution in [0.25, 0.3) is 0 Å². The smallest absolute Gasteiger partial charge is 0.326 e. The van der Waals surface area contributed by atoms with Gasteiger partial charge in [0.25, 0.3) is 0 Å². The van der Waals surface area contributed by atoms with E-state index in [1.54, 1.807) is 5.32 Å². The fourth-order valence-electron chi connectivity index (χ4n) is 2.05. The Morgan fingerprint density at radius 3 is 1.29 bits per heavy atom. The number of carboxylic acid groups (broad SMARTS) is 4. The number of rotatable bonds is 14. The zero-order valence-electron chi connectivity index (χ0n) is 15.8. The monoisotopic (exact) mass is 466 g/mol. The number of nitrogens with one attached hydrogen (secondary N) is 3. The van der Waals surface area contributed by atoms with Crippen LogP contribution in [0.1, 0.15) is 19.3 Å². The van der Waals surface area contributed by atoms with E-state index in [1.807, 2.05) is 10.6 Å². The van der Waals surface area contributed by atoms with Gasteiger partial charge in [-0.2, -0.15) is 12.6 Å². The van der Waals surface area contributed by atoms with Gasteiger partial charge in [0.1, 0.15) is 18.1 Å². The molecule has 0 aliphatic rings. The van der Waals surface area contributed by atoms with Gasteiger partial charge < -0.3 is 42.1 Å². The summed E-state index contributed by atoms with van der Waals surface area (Å²) in [5, 5.41) is 41.2. The minimum Gasteiger partial charge on any atom is -0.481 e. The Kier molecular flexibility index (Phi) is 11.6. The van der Waals surface area contributed by atoms with Gasteiger partial charge in [-0.15, -0.1) is 0 Å². The van der Waals surface area contributed by atoms with Crippen LogP contribution in [0.5, 0.6) is 0 Å². The van der Waals surface area contributed by atoms with Crippen molar-refractivity contribution >= 4 is 54.2 Å². The normalized spacial score (nSPS) is 14.3. The molecule has 0 saturated heterocycles. The number of carbonyl (C=O) groups excluding carboxylic acids is 3. The van der Waals surface area contributed by atoms with E-state index >= 15 is 0 Å². The van der Waals surface area contributed by atoms with Crippen molar-refractivity contribution in [3.05, 3.63) is 0 Å². The third-order valence-electron chi connectivity index (χ3n) is 3.55. The number of thiol groups is 1. The molecule has 0 bridgehead atoms. The average Bonchev–Trinajstić information content (AvgIpc) is 2.64. The maximum absolute atomic E-state index is 12.4. The molecule has 3 amide bonds. The van der Waals surface area contributed by atoms with Crippen LogP contribution in [0.2, 0.25) is 0 Å². The summed E-state index contributed by atoms with van der Waals surface area (Å²) in [5.41, 5.74) is 5.42. The maximum atomic E-state index is 12.4. The van der Waals surface area contributed by atoms with E-state index in [4.69, 9.17) is 26.2 Å². The molecule has 0 aliphatic carbocycles. The summed E-state index contributed by atoms with van der Waals surface area (Å²) in [4.78, 5) is 80.3. The molecule has 174 valence electrons. The highest BCUT2D eigenvalue weighted by Gasteiger charge is 2.33. The minimum atomic E-state index is -1.93. The summed E-state index contributed by atoms with van der Waals surface area (Å²) in [7, 11) is 0. The highest BCUT2D eigenvalue weighted by atomic mass is 32.1. The number of aliphatic carboxylic acids is 4. The van der Waals surface area contributed by atoms with Crippen LogP contribution in [-0.4, -0.2) is 91.9 Å². The van der Waals surface area contributed by atoms with Gasteiger partial charge in [-0.1, -0.05) is 0 Å². The highest BCUT2D eigenvalue weighted by molar-refractivity contribution is 7.80. The summed E-state index contributed by atoms with van der Waals surface area (Å²) in [6.07, 6.45) is -3.04. The number of nitrogens with two attached hydrogens (primary N) is 1. The molecule has 4 atom stereocenters. The Morgan fingerprint density at radius 1 is 0.645 bits per heavy atom. The molecule has 0 heterocycles. The molecular formula is C15H22N4O11S. The van der Waals surface area contributed by atoms with E-state index < -0.39 is 85.0 Å². The molecule has 0 saturated carbocycles. The van der Waals surface area contributed by atoms with Gasteiger partial charge in [0.15, 0.2) is 0 Å². The van der Waals surface area contributed by atoms with Crippen LogP contribution < -0.4 is 21.7 Å². The largest absolute Gasteiger partial charge is 0.481 e. The first kappa shape index (κ1) is 27.6. The SMILES string of the molecule is N[C@@H](CS)C(=O)N[C@@H](CC(=O)O)C(=O)N[C@@H](CC(=O)O)C(=O)N[C@@H](CC(=O)O)C(=O)O. The first-order chi connectivity index (χ1) is 14.3. The predicted octanol–water partition coefficient (Wildman–Crippen LogP) is -3.79. The summed E-state index contributed by atoms with van der Waals surface area (Å²) < 4.78 is 0. The average molecular weight is 466 g/mol. The lowest BCUT2D eigenvalue weighted by Crippen LogP contribution is -2.58. The third kappa shape index (κ3) is 10.8. The fraction of sp³-hybridized carbons (Fsp3) is 0.533. The van der Waals surface area contributed by atoms with Gasteiger partial charge in [0, 0.05) is 5.75 Å². The minimum absolute atomic E-state index is 0.141. The van der Waals surface area contributed by atoms with Gasteiger partial charge in [-0.05, 0) is 0 Å². The van der Waals surface area contributed by atoms with E-state index in [9.17, 15) is 33.6 Å². The second-order valence-electron chi connectivity index (χ2n) is 6.10. The summed E-state index contributed by atoms with van der Waals surface area (Å²) >= 11 is 3.78. The molecule has 0 radical (unpaired) electrons. The second-order valence-corrected chi connectivity index (χ2v) is 6.47. The van der Waals surface area contributed by atoms with Gasteiger partial charge in [0.05, 0.1) is 25.3 Å². The van der Waals surface area contributed by atoms with Crippen LogP contribution in [0.15, 0.2) is 0 Å². The molecule has 0 aromatic heterocycles. The highest BCUT2D eigenvalue weighted by Crippen LogP contribution is 2.02. The Labute approximate surface area is 179 Å². The lowest BCUT2D eigenvalue weighted by molar-refractivity contribution is -0.148. The van der Waals surface area contributed by atoms with E-state index in [0.717, 1.165) is 0 Å². The fourth-order valence-corrected chi connectivity index (χ4v) is 2.21. The molecule has 15 nitrogen and oxygen atoms in total. The number of carbonyl (C=O) groups is 7. The number of hydrogen-bond donors (Lipinski definition) is 9. The Morgan fingerprint density at radius 2 is 0.968 bits per heavy atom. The zero-order valence-corrected chi connectivity index (χ0v) is 16.7. The molecule has 16 heteroatoms. The molecule has 0 spiro atoms. The molecule has 0 aliphatic heterocycles. The molecule has 0 aromatic carbocycles. The molecule has 0 rings (SSSR count). The maximum Gasteiger partial charge on any atom is 0.326 e. The number of carboxylic acids is 4. The summed E-state index contributed by atoms with van der Waals surface area (Å²) in [6.45, 7) is 0. The van der Waals surface area contributed by atoms with Crippen molar-refractivity contribution in [1.29, 1.82) is 0 Å². The van der Waals surface area contributed by atoms with Crippen LogP contribution >= 0.6 is 12.6 Å². The second kappa shape index (κ2) is 13.0. The molecular weight excluding hydrogens is 444 g/mol. The summed E-state index contributed by atoms with van der Waals surface area (Å²) in [6, 6.07) is -6.79. The lowest BCUT2D eigenvalue weighted by atomic mass is 10.1. The Hall–Kier alpha value is -3.40. The number of hydrogen-bond acceptors (Lipinski definition) is 9. The van der Waals surface area contributed by atoms with Crippen molar-refractivity contribution in [2.45, 2.75) is 43.4 Å². The van der Waals surface area contributed by atoms with Crippen molar-refractivity contribution in [2.24, 2.45) is 5.73 Å². The zero-order chi connectivity index (χ0) is 24.3. The van der Waals surface area contributed by atoms with Crippen molar-refractivity contribution in [2.75, 3.05) is 5.75 Å².